The molecule has 4 nitrogen and oxygen atoms in total. The molecule has 1 aromatic carbocycles. The maximum Gasteiger partial charge on any atom is 0.227 e. The summed E-state index contributed by atoms with van der Waals surface area (Å²) in [7, 11) is 0. The van der Waals surface area contributed by atoms with E-state index < -0.39 is 0 Å². The van der Waals surface area contributed by atoms with Crippen LogP contribution in [-0.2, 0) is 11.2 Å². The molecule has 0 radical (unpaired) electrons. The fourth-order valence-corrected chi connectivity index (χ4v) is 2.15. The topological polar surface area (TPSA) is 52.6 Å². The summed E-state index contributed by atoms with van der Waals surface area (Å²) in [6.07, 6.45) is 0.360. The number of rotatable bonds is 2. The van der Waals surface area contributed by atoms with E-state index >= 15 is 0 Å². The number of benzene rings is 1. The molecule has 1 heterocycles. The Hall–Kier alpha value is -1.55. The SMILES string of the molecule is C[C@@H]1CNCCN1C(=O)Cc1cccc(O)c1. The third kappa shape index (κ3) is 2.97. The van der Waals surface area contributed by atoms with Crippen LogP contribution < -0.4 is 5.32 Å². The quantitative estimate of drug-likeness (QED) is 0.794. The molecule has 0 bridgehead atoms. The Morgan fingerprint density at radius 3 is 3.12 bits per heavy atom. The Morgan fingerprint density at radius 2 is 2.41 bits per heavy atom. The largest absolute Gasteiger partial charge is 0.508 e. The maximum absolute atomic E-state index is 12.1. The van der Waals surface area contributed by atoms with Gasteiger partial charge in [0.1, 0.15) is 5.75 Å². The summed E-state index contributed by atoms with van der Waals surface area (Å²) >= 11 is 0. The van der Waals surface area contributed by atoms with Crippen molar-refractivity contribution >= 4 is 5.91 Å². The van der Waals surface area contributed by atoms with Crippen molar-refractivity contribution in [2.24, 2.45) is 0 Å². The van der Waals surface area contributed by atoms with Gasteiger partial charge in [0.2, 0.25) is 5.91 Å². The standard InChI is InChI=1S/C13H18N2O2/c1-10-9-14-5-6-15(10)13(17)8-11-3-2-4-12(16)7-11/h2-4,7,10,14,16H,5-6,8-9H2,1H3/t10-/m1/s1. The van der Waals surface area contributed by atoms with Crippen LogP contribution in [0.4, 0.5) is 0 Å². The van der Waals surface area contributed by atoms with Gasteiger partial charge in [-0.1, -0.05) is 12.1 Å². The minimum atomic E-state index is 0.129. The molecule has 1 saturated heterocycles. The van der Waals surface area contributed by atoms with Gasteiger partial charge in [0.05, 0.1) is 6.42 Å². The van der Waals surface area contributed by atoms with E-state index in [1.807, 2.05) is 17.9 Å². The number of hydrogen-bond acceptors (Lipinski definition) is 3. The van der Waals surface area contributed by atoms with Crippen LogP contribution in [0, 0.1) is 0 Å². The lowest BCUT2D eigenvalue weighted by atomic mass is 10.1. The predicted molar refractivity (Wildman–Crippen MR) is 65.9 cm³/mol. The number of phenolic OH excluding ortho intramolecular Hbond substituents is 1. The molecule has 0 aliphatic carbocycles. The first-order chi connectivity index (χ1) is 8.16. The summed E-state index contributed by atoms with van der Waals surface area (Å²) in [5, 5.41) is 12.6. The smallest absolute Gasteiger partial charge is 0.227 e. The van der Waals surface area contributed by atoms with Gasteiger partial charge in [-0.25, -0.2) is 0 Å². The average molecular weight is 234 g/mol. The second-order valence-corrected chi connectivity index (χ2v) is 4.49. The van der Waals surface area contributed by atoms with Gasteiger partial charge in [-0.15, -0.1) is 0 Å². The zero-order chi connectivity index (χ0) is 12.3. The highest BCUT2D eigenvalue weighted by Crippen LogP contribution is 2.13. The molecule has 2 rings (SSSR count). The highest BCUT2D eigenvalue weighted by molar-refractivity contribution is 5.79. The van der Waals surface area contributed by atoms with E-state index in [4.69, 9.17) is 0 Å². The van der Waals surface area contributed by atoms with E-state index in [1.165, 1.54) is 0 Å². The van der Waals surface area contributed by atoms with Gasteiger partial charge in [0.25, 0.3) is 0 Å². The highest BCUT2D eigenvalue weighted by Gasteiger charge is 2.22. The molecule has 1 amide bonds. The number of piperazine rings is 1. The summed E-state index contributed by atoms with van der Waals surface area (Å²) in [5.74, 6) is 0.341. The number of nitrogens with zero attached hydrogens (tertiary/aromatic N) is 1. The summed E-state index contributed by atoms with van der Waals surface area (Å²) in [4.78, 5) is 14.0. The van der Waals surface area contributed by atoms with Crippen molar-refractivity contribution in [3.63, 3.8) is 0 Å². The molecule has 17 heavy (non-hydrogen) atoms. The zero-order valence-corrected chi connectivity index (χ0v) is 10.0. The molecular formula is C13H18N2O2. The molecular weight excluding hydrogens is 216 g/mol. The van der Waals surface area contributed by atoms with Crippen molar-refractivity contribution in [3.8, 4) is 5.75 Å². The number of nitrogens with one attached hydrogen (secondary N) is 1. The van der Waals surface area contributed by atoms with Crippen molar-refractivity contribution in [2.75, 3.05) is 19.6 Å². The molecule has 1 aliphatic heterocycles. The Morgan fingerprint density at radius 1 is 1.59 bits per heavy atom. The van der Waals surface area contributed by atoms with Crippen molar-refractivity contribution in [2.45, 2.75) is 19.4 Å². The number of phenols is 1. The number of amides is 1. The van der Waals surface area contributed by atoms with Gasteiger partial charge in [0.15, 0.2) is 0 Å². The van der Waals surface area contributed by atoms with Crippen LogP contribution in [0.15, 0.2) is 24.3 Å². The summed E-state index contributed by atoms with van der Waals surface area (Å²) in [5.41, 5.74) is 0.862. The first kappa shape index (κ1) is 11.9. The van der Waals surface area contributed by atoms with E-state index in [0.29, 0.717) is 6.42 Å². The molecule has 1 aromatic rings. The third-order valence-corrected chi connectivity index (χ3v) is 3.09. The molecule has 92 valence electrons. The lowest BCUT2D eigenvalue weighted by molar-refractivity contribution is -0.133. The lowest BCUT2D eigenvalue weighted by Gasteiger charge is -2.34. The minimum Gasteiger partial charge on any atom is -0.508 e. The molecule has 0 saturated carbocycles. The first-order valence-corrected chi connectivity index (χ1v) is 5.95. The van der Waals surface area contributed by atoms with Crippen molar-refractivity contribution in [3.05, 3.63) is 29.8 Å². The Labute approximate surface area is 101 Å². The molecule has 0 spiro atoms. The lowest BCUT2D eigenvalue weighted by Crippen LogP contribution is -2.52. The summed E-state index contributed by atoms with van der Waals surface area (Å²) < 4.78 is 0. The molecule has 0 unspecified atom stereocenters. The van der Waals surface area contributed by atoms with E-state index in [2.05, 4.69) is 5.32 Å². The summed E-state index contributed by atoms with van der Waals surface area (Å²) in [6, 6.07) is 7.13. The van der Waals surface area contributed by atoms with E-state index in [0.717, 1.165) is 25.2 Å². The van der Waals surface area contributed by atoms with E-state index in [1.54, 1.807) is 18.2 Å². The van der Waals surface area contributed by atoms with Crippen LogP contribution in [0.5, 0.6) is 5.75 Å². The Kier molecular flexibility index (Phi) is 3.64. The van der Waals surface area contributed by atoms with Crippen molar-refractivity contribution in [1.29, 1.82) is 0 Å². The Balaban J connectivity index is 2.01. The molecule has 2 N–H and O–H groups in total. The van der Waals surface area contributed by atoms with Crippen LogP contribution in [0.2, 0.25) is 0 Å². The van der Waals surface area contributed by atoms with E-state index in [-0.39, 0.29) is 17.7 Å². The Bertz CT molecular complexity index is 406. The average Bonchev–Trinajstić information content (AvgIpc) is 2.29. The minimum absolute atomic E-state index is 0.129. The highest BCUT2D eigenvalue weighted by atomic mass is 16.3. The fraction of sp³-hybridized carbons (Fsp3) is 0.462. The summed E-state index contributed by atoms with van der Waals surface area (Å²) in [6.45, 7) is 4.52. The zero-order valence-electron chi connectivity index (χ0n) is 10.0. The fourth-order valence-electron chi connectivity index (χ4n) is 2.15. The van der Waals surface area contributed by atoms with Gasteiger partial charge in [0, 0.05) is 25.7 Å². The molecule has 1 fully saturated rings. The van der Waals surface area contributed by atoms with Gasteiger partial charge in [-0.3, -0.25) is 4.79 Å². The normalized spacial score (nSPS) is 20.3. The van der Waals surface area contributed by atoms with Gasteiger partial charge in [-0.2, -0.15) is 0 Å². The van der Waals surface area contributed by atoms with E-state index in [9.17, 15) is 9.90 Å². The number of carbonyl (C=O) groups is 1. The molecule has 1 atom stereocenters. The van der Waals surface area contributed by atoms with Crippen molar-refractivity contribution < 1.29 is 9.90 Å². The number of carbonyl (C=O) groups excluding carboxylic acids is 1. The monoisotopic (exact) mass is 234 g/mol. The van der Waals surface area contributed by atoms with Crippen LogP contribution in [0.1, 0.15) is 12.5 Å². The second-order valence-electron chi connectivity index (χ2n) is 4.49. The van der Waals surface area contributed by atoms with Crippen LogP contribution in [0.3, 0.4) is 0 Å². The second kappa shape index (κ2) is 5.19. The van der Waals surface area contributed by atoms with Gasteiger partial charge in [-0.05, 0) is 24.6 Å². The molecule has 0 aromatic heterocycles. The maximum atomic E-state index is 12.1. The molecule has 4 heteroatoms. The molecule has 1 aliphatic rings. The number of hydrogen-bond donors (Lipinski definition) is 2. The van der Waals surface area contributed by atoms with Crippen molar-refractivity contribution in [1.82, 2.24) is 10.2 Å². The van der Waals surface area contributed by atoms with Gasteiger partial charge < -0.3 is 15.3 Å². The van der Waals surface area contributed by atoms with Crippen LogP contribution >= 0.6 is 0 Å². The first-order valence-electron chi connectivity index (χ1n) is 5.95. The van der Waals surface area contributed by atoms with Crippen LogP contribution in [-0.4, -0.2) is 41.6 Å². The van der Waals surface area contributed by atoms with Crippen LogP contribution in [0.25, 0.3) is 0 Å². The predicted octanol–water partition coefficient (Wildman–Crippen LogP) is 0.755. The van der Waals surface area contributed by atoms with Gasteiger partial charge >= 0.3 is 0 Å². The third-order valence-electron chi connectivity index (χ3n) is 3.09. The number of aromatic hydroxyl groups is 1.